The van der Waals surface area contributed by atoms with E-state index in [0.29, 0.717) is 62.2 Å². The second kappa shape index (κ2) is 15.0. The van der Waals surface area contributed by atoms with Gasteiger partial charge in [-0.1, -0.05) is 47.8 Å². The smallest absolute Gasteiger partial charge is 0.328 e. The quantitative estimate of drug-likeness (QED) is 0.145. The molecule has 3 atom stereocenters. The first-order valence-corrected chi connectivity index (χ1v) is 21.0. The second-order valence-electron chi connectivity index (χ2n) is 18.4. The average Bonchev–Trinajstić information content (AvgIpc) is 3.87. The summed E-state index contributed by atoms with van der Waals surface area (Å²) < 4.78 is 20.4. The van der Waals surface area contributed by atoms with E-state index in [-0.39, 0.29) is 53.0 Å². The fourth-order valence-corrected chi connectivity index (χ4v) is 8.83. The molecule has 16 heteroatoms. The summed E-state index contributed by atoms with van der Waals surface area (Å²) in [5.41, 5.74) is -0.508. The molecule has 2 unspecified atom stereocenters. The molecule has 7 rings (SSSR count). The number of aromatic nitrogens is 6. The molecular weight excluding hydrogens is 784 g/mol. The molecule has 0 N–H and O–H groups in total. The summed E-state index contributed by atoms with van der Waals surface area (Å²) in [5.74, 6) is 0.322. The average molecular weight is 840 g/mol. The molecule has 304 valence electrons. The summed E-state index contributed by atoms with van der Waals surface area (Å²) in [6.45, 7) is 15.1. The van der Waals surface area contributed by atoms with Crippen LogP contribution in [0.5, 0.6) is 0 Å². The Morgan fingerprint density at radius 3 is 2.29 bits per heavy atom. The van der Waals surface area contributed by atoms with Gasteiger partial charge in [-0.3, -0.25) is 28.5 Å². The lowest BCUT2D eigenvalue weighted by Crippen LogP contribution is -2.62. The SMILES string of the molecule is CC(c1nc(C2CN(C(=O)c3cnn(CC(=O)OC(C)(C)CCC(C)(C)OC(=O)CBr)c3)CC23CN(C(=O)[C@H]2CC2(C)C)C3)no1)n1ccc(C2CCCC2)n1. The number of nitrogens with zero attached hydrogens (tertiary/aromatic N) is 8. The van der Waals surface area contributed by atoms with Gasteiger partial charge in [-0.05, 0) is 78.2 Å². The van der Waals surface area contributed by atoms with Crippen molar-refractivity contribution in [3.05, 3.63) is 47.6 Å². The van der Waals surface area contributed by atoms with Gasteiger partial charge >= 0.3 is 11.9 Å². The first kappa shape index (κ1) is 40.1. The molecule has 2 saturated heterocycles. The topological polar surface area (TPSA) is 168 Å². The van der Waals surface area contributed by atoms with Crippen LogP contribution in [0.2, 0.25) is 0 Å². The fourth-order valence-electron chi connectivity index (χ4n) is 8.71. The molecule has 0 radical (unpaired) electrons. The Labute approximate surface area is 336 Å². The molecule has 4 fully saturated rings. The minimum Gasteiger partial charge on any atom is -0.459 e. The fraction of sp³-hybridized carbons (Fsp3) is 0.700. The Balaban J connectivity index is 1.01. The predicted octanol–water partition coefficient (Wildman–Crippen LogP) is 5.66. The van der Waals surface area contributed by atoms with Crippen LogP contribution < -0.4 is 0 Å². The van der Waals surface area contributed by atoms with Crippen molar-refractivity contribution in [2.75, 3.05) is 31.5 Å². The highest BCUT2D eigenvalue weighted by Gasteiger charge is 2.61. The third-order valence-electron chi connectivity index (χ3n) is 12.4. The van der Waals surface area contributed by atoms with Crippen LogP contribution in [0.3, 0.4) is 0 Å². The molecule has 15 nitrogen and oxygen atoms in total. The Morgan fingerprint density at radius 2 is 1.64 bits per heavy atom. The predicted molar refractivity (Wildman–Crippen MR) is 207 cm³/mol. The van der Waals surface area contributed by atoms with Crippen molar-refractivity contribution in [3.8, 4) is 0 Å². The number of esters is 2. The van der Waals surface area contributed by atoms with E-state index in [1.165, 1.54) is 23.7 Å². The van der Waals surface area contributed by atoms with Crippen molar-refractivity contribution < 1.29 is 33.2 Å². The molecule has 0 aromatic carbocycles. The Morgan fingerprint density at radius 1 is 1.00 bits per heavy atom. The lowest BCUT2D eigenvalue weighted by molar-refractivity contribution is -0.163. The molecule has 3 aromatic rings. The van der Waals surface area contributed by atoms with Crippen LogP contribution in [0, 0.1) is 16.7 Å². The van der Waals surface area contributed by atoms with Gasteiger partial charge in [0.15, 0.2) is 5.82 Å². The number of halogens is 1. The largest absolute Gasteiger partial charge is 0.459 e. The molecule has 3 aromatic heterocycles. The lowest BCUT2D eigenvalue weighted by atomic mass is 9.71. The number of hydrogen-bond acceptors (Lipinski definition) is 11. The van der Waals surface area contributed by atoms with Crippen LogP contribution in [0.25, 0.3) is 0 Å². The van der Waals surface area contributed by atoms with Gasteiger partial charge in [0.05, 0.1) is 23.4 Å². The maximum absolute atomic E-state index is 14.0. The maximum Gasteiger partial charge on any atom is 0.328 e. The third-order valence-corrected chi connectivity index (χ3v) is 12.8. The van der Waals surface area contributed by atoms with Crippen molar-refractivity contribution in [1.82, 2.24) is 39.5 Å². The zero-order valence-electron chi connectivity index (χ0n) is 33.6. The molecule has 2 aliphatic heterocycles. The standard InChI is InChI=1S/C40H55BrN8O7/c1-25(49-15-12-30(44-49)26-10-8-9-11-26)34-43-33(45-56-34)29-20-46(22-40(29)23-47(24-40)36(53)28-16-37(28,2)3)35(52)27-18-42-48(19-27)21-32(51)55-39(6,7)14-13-38(4,5)54-31(50)17-41/h12,15,18-19,25-26,28-29H,8-11,13-14,16-17,20-24H2,1-7H3/t25?,28-,29?/m1/s1. The van der Waals surface area contributed by atoms with Crippen molar-refractivity contribution >= 4 is 39.7 Å². The summed E-state index contributed by atoms with van der Waals surface area (Å²) in [6, 6.07) is 1.82. The summed E-state index contributed by atoms with van der Waals surface area (Å²) in [6.07, 6.45) is 11.6. The van der Waals surface area contributed by atoms with Gasteiger partial charge in [-0.2, -0.15) is 15.2 Å². The van der Waals surface area contributed by atoms with Gasteiger partial charge in [-0.15, -0.1) is 0 Å². The minimum atomic E-state index is -0.823. The highest BCUT2D eigenvalue weighted by Crippen LogP contribution is 2.55. The van der Waals surface area contributed by atoms with Crippen molar-refractivity contribution in [3.63, 3.8) is 0 Å². The van der Waals surface area contributed by atoms with E-state index in [0.717, 1.165) is 25.0 Å². The van der Waals surface area contributed by atoms with E-state index in [2.05, 4.69) is 46.1 Å². The van der Waals surface area contributed by atoms with Crippen molar-refractivity contribution in [1.29, 1.82) is 0 Å². The van der Waals surface area contributed by atoms with E-state index in [1.54, 1.807) is 11.1 Å². The van der Waals surface area contributed by atoms with E-state index in [1.807, 2.05) is 50.4 Å². The van der Waals surface area contributed by atoms with E-state index in [4.69, 9.17) is 24.1 Å². The first-order chi connectivity index (χ1) is 26.4. The number of likely N-dealkylation sites (tertiary alicyclic amines) is 2. The van der Waals surface area contributed by atoms with Crippen LogP contribution in [0.1, 0.15) is 139 Å². The summed E-state index contributed by atoms with van der Waals surface area (Å²) in [5, 5.41) is 13.7. The van der Waals surface area contributed by atoms with Crippen molar-refractivity contribution in [2.45, 2.75) is 129 Å². The minimum absolute atomic E-state index is 0.0163. The number of ether oxygens (including phenoxy) is 2. The maximum atomic E-state index is 14.0. The van der Waals surface area contributed by atoms with Gasteiger partial charge in [0.1, 0.15) is 29.1 Å². The molecule has 56 heavy (non-hydrogen) atoms. The second-order valence-corrected chi connectivity index (χ2v) is 19.0. The highest BCUT2D eigenvalue weighted by atomic mass is 79.9. The normalized spacial score (nSPS) is 22.3. The monoisotopic (exact) mass is 838 g/mol. The zero-order valence-corrected chi connectivity index (χ0v) is 35.2. The number of rotatable bonds is 14. The molecule has 1 spiro atoms. The van der Waals surface area contributed by atoms with Gasteiger partial charge in [0, 0.05) is 55.8 Å². The first-order valence-electron chi connectivity index (χ1n) is 19.9. The number of hydrogen-bond donors (Lipinski definition) is 0. The van der Waals surface area contributed by atoms with Crippen LogP contribution in [0.4, 0.5) is 0 Å². The van der Waals surface area contributed by atoms with Crippen LogP contribution in [-0.4, -0.2) is 106 Å². The molecule has 2 aliphatic carbocycles. The molecule has 5 heterocycles. The Bertz CT molecular complexity index is 1950. The third kappa shape index (κ3) is 8.45. The number of alkyl halides is 1. The van der Waals surface area contributed by atoms with Crippen LogP contribution >= 0.6 is 15.9 Å². The van der Waals surface area contributed by atoms with E-state index >= 15 is 0 Å². The Hall–Kier alpha value is -4.08. The van der Waals surface area contributed by atoms with Gasteiger partial charge in [0.2, 0.25) is 5.91 Å². The molecular formula is C40H55BrN8O7. The van der Waals surface area contributed by atoms with E-state index < -0.39 is 22.6 Å². The number of carbonyl (C=O) groups is 4. The van der Waals surface area contributed by atoms with Crippen LogP contribution in [-0.2, 0) is 30.4 Å². The molecule has 2 amide bonds. The highest BCUT2D eigenvalue weighted by molar-refractivity contribution is 9.09. The van der Waals surface area contributed by atoms with Crippen molar-refractivity contribution in [2.24, 2.45) is 16.7 Å². The van der Waals surface area contributed by atoms with Gasteiger partial charge in [-0.25, -0.2) is 0 Å². The van der Waals surface area contributed by atoms with E-state index in [9.17, 15) is 19.2 Å². The summed E-state index contributed by atoms with van der Waals surface area (Å²) in [4.78, 5) is 60.8. The summed E-state index contributed by atoms with van der Waals surface area (Å²) >= 11 is 3.11. The van der Waals surface area contributed by atoms with Crippen LogP contribution in [0.15, 0.2) is 29.2 Å². The molecule has 2 saturated carbocycles. The Kier molecular flexibility index (Phi) is 10.8. The number of amides is 2. The zero-order chi connectivity index (χ0) is 40.2. The summed E-state index contributed by atoms with van der Waals surface area (Å²) in [7, 11) is 0. The lowest BCUT2D eigenvalue weighted by Gasteiger charge is -2.50. The molecule has 4 aliphatic rings. The van der Waals surface area contributed by atoms with Gasteiger partial charge in [0.25, 0.3) is 11.8 Å². The van der Waals surface area contributed by atoms with Gasteiger partial charge < -0.3 is 23.8 Å². The molecule has 0 bridgehead atoms. The number of carbonyl (C=O) groups excluding carboxylic acids is 4.